The summed E-state index contributed by atoms with van der Waals surface area (Å²) in [4.78, 5) is 13.6. The van der Waals surface area contributed by atoms with E-state index in [-0.39, 0.29) is 28.0 Å². The zero-order valence-corrected chi connectivity index (χ0v) is 17.1. The molecule has 0 bridgehead atoms. The quantitative estimate of drug-likeness (QED) is 0.689. The number of amides is 1. The molecule has 2 aromatic carbocycles. The molecule has 1 N–H and O–H groups in total. The SMILES string of the molecule is COc1cccc([C@@H]2CC(=O)Nc3c(S(=O)(=O)c4cccc(C)c4)csc32)c1. The zero-order chi connectivity index (χ0) is 19.9. The maximum atomic E-state index is 13.2. The molecule has 1 amide bonds. The van der Waals surface area contributed by atoms with E-state index in [9.17, 15) is 13.2 Å². The molecule has 0 saturated carbocycles. The minimum atomic E-state index is -3.73. The molecule has 3 aromatic rings. The molecule has 0 radical (unpaired) electrons. The molecule has 144 valence electrons. The van der Waals surface area contributed by atoms with Gasteiger partial charge in [-0.3, -0.25) is 4.79 Å². The smallest absolute Gasteiger partial charge is 0.225 e. The van der Waals surface area contributed by atoms with Crippen LogP contribution in [0.3, 0.4) is 0 Å². The normalized spacial score (nSPS) is 16.4. The highest BCUT2D eigenvalue weighted by Gasteiger charge is 2.34. The highest BCUT2D eigenvalue weighted by Crippen LogP contribution is 2.46. The summed E-state index contributed by atoms with van der Waals surface area (Å²) in [6.07, 6.45) is 0.268. The highest BCUT2D eigenvalue weighted by molar-refractivity contribution is 7.91. The number of fused-ring (bicyclic) bond motifs is 1. The molecule has 0 spiro atoms. The van der Waals surface area contributed by atoms with E-state index in [0.29, 0.717) is 11.4 Å². The standard InChI is InChI=1S/C21H19NO4S2/c1-13-5-3-8-16(9-13)28(24,25)18-12-27-21-17(11-19(23)22-20(18)21)14-6-4-7-15(10-14)26-2/h3-10,12,17H,11H2,1-2H3,(H,22,23)/t17-/m0/s1. The van der Waals surface area contributed by atoms with E-state index in [4.69, 9.17) is 4.74 Å². The molecular formula is C21H19NO4S2. The molecule has 1 aromatic heterocycles. The molecule has 1 atom stereocenters. The van der Waals surface area contributed by atoms with Gasteiger partial charge in [-0.05, 0) is 42.3 Å². The van der Waals surface area contributed by atoms with Gasteiger partial charge in [0.15, 0.2) is 0 Å². The van der Waals surface area contributed by atoms with Gasteiger partial charge in [0.1, 0.15) is 10.6 Å². The molecule has 0 unspecified atom stereocenters. The van der Waals surface area contributed by atoms with Crippen LogP contribution in [0.15, 0.2) is 63.7 Å². The van der Waals surface area contributed by atoms with Gasteiger partial charge in [-0.1, -0.05) is 24.3 Å². The fourth-order valence-electron chi connectivity index (χ4n) is 3.44. The summed E-state index contributed by atoms with van der Waals surface area (Å²) in [6, 6.07) is 14.3. The van der Waals surface area contributed by atoms with Crippen molar-refractivity contribution in [1.29, 1.82) is 0 Å². The summed E-state index contributed by atoms with van der Waals surface area (Å²) >= 11 is 1.36. The number of nitrogens with one attached hydrogen (secondary N) is 1. The number of hydrogen-bond acceptors (Lipinski definition) is 5. The number of rotatable bonds is 4. The first-order valence-corrected chi connectivity index (χ1v) is 11.1. The Morgan fingerprint density at radius 2 is 1.93 bits per heavy atom. The van der Waals surface area contributed by atoms with Crippen LogP contribution in [0, 0.1) is 6.92 Å². The molecule has 5 nitrogen and oxygen atoms in total. The monoisotopic (exact) mass is 413 g/mol. The highest BCUT2D eigenvalue weighted by atomic mass is 32.2. The summed E-state index contributed by atoms with van der Waals surface area (Å²) in [7, 11) is -2.14. The Kier molecular flexibility index (Phi) is 4.72. The molecular weight excluding hydrogens is 394 g/mol. The molecule has 0 aliphatic carbocycles. The van der Waals surface area contributed by atoms with Crippen molar-refractivity contribution in [2.45, 2.75) is 29.1 Å². The van der Waals surface area contributed by atoms with E-state index in [1.165, 1.54) is 11.3 Å². The number of anilines is 1. The molecule has 4 rings (SSSR count). The largest absolute Gasteiger partial charge is 0.497 e. The van der Waals surface area contributed by atoms with Crippen molar-refractivity contribution >= 4 is 32.8 Å². The van der Waals surface area contributed by atoms with Crippen LogP contribution in [0.1, 0.15) is 28.3 Å². The van der Waals surface area contributed by atoms with Gasteiger partial charge in [-0.15, -0.1) is 11.3 Å². The first-order valence-electron chi connectivity index (χ1n) is 8.77. The van der Waals surface area contributed by atoms with Crippen molar-refractivity contribution in [3.8, 4) is 5.75 Å². The van der Waals surface area contributed by atoms with Crippen LogP contribution in [0.25, 0.3) is 0 Å². The van der Waals surface area contributed by atoms with Crippen molar-refractivity contribution in [3.05, 3.63) is 69.9 Å². The second-order valence-electron chi connectivity index (χ2n) is 6.74. The molecule has 1 aliphatic rings. The van der Waals surface area contributed by atoms with Crippen molar-refractivity contribution in [2.24, 2.45) is 0 Å². The fraction of sp³-hybridized carbons (Fsp3) is 0.190. The Balaban J connectivity index is 1.83. The van der Waals surface area contributed by atoms with Crippen molar-refractivity contribution in [3.63, 3.8) is 0 Å². The first kappa shape index (κ1) is 18.7. The molecule has 2 heterocycles. The number of hydrogen-bond donors (Lipinski definition) is 1. The Morgan fingerprint density at radius 1 is 1.14 bits per heavy atom. The van der Waals surface area contributed by atoms with E-state index >= 15 is 0 Å². The maximum Gasteiger partial charge on any atom is 0.225 e. The number of ether oxygens (including phenoxy) is 1. The van der Waals surface area contributed by atoms with Gasteiger partial charge in [-0.25, -0.2) is 8.42 Å². The number of methoxy groups -OCH3 is 1. The lowest BCUT2D eigenvalue weighted by Gasteiger charge is -2.24. The Morgan fingerprint density at radius 3 is 2.68 bits per heavy atom. The topological polar surface area (TPSA) is 72.5 Å². The predicted octanol–water partition coefficient (Wildman–Crippen LogP) is 4.37. The minimum absolute atomic E-state index is 0.152. The predicted molar refractivity (Wildman–Crippen MR) is 109 cm³/mol. The fourth-order valence-corrected chi connectivity index (χ4v) is 6.45. The van der Waals surface area contributed by atoms with Gasteiger partial charge in [0.05, 0.1) is 17.7 Å². The number of aryl methyl sites for hydroxylation is 1. The van der Waals surface area contributed by atoms with E-state index in [1.54, 1.807) is 30.7 Å². The van der Waals surface area contributed by atoms with Gasteiger partial charge in [0, 0.05) is 22.6 Å². The van der Waals surface area contributed by atoms with Gasteiger partial charge >= 0.3 is 0 Å². The summed E-state index contributed by atoms with van der Waals surface area (Å²) in [5.74, 6) is 0.305. The molecule has 28 heavy (non-hydrogen) atoms. The van der Waals surface area contributed by atoms with Crippen LogP contribution in [0.4, 0.5) is 5.69 Å². The van der Waals surface area contributed by atoms with Crippen LogP contribution in [0.5, 0.6) is 5.75 Å². The van der Waals surface area contributed by atoms with Gasteiger partial charge in [0.2, 0.25) is 15.7 Å². The first-order chi connectivity index (χ1) is 13.4. The molecule has 0 fully saturated rings. The molecule has 7 heteroatoms. The third-order valence-corrected chi connectivity index (χ3v) is 7.86. The summed E-state index contributed by atoms with van der Waals surface area (Å²) in [5.41, 5.74) is 2.19. The van der Waals surface area contributed by atoms with Crippen LogP contribution >= 0.6 is 11.3 Å². The third kappa shape index (κ3) is 3.21. The van der Waals surface area contributed by atoms with Crippen LogP contribution < -0.4 is 10.1 Å². The summed E-state index contributed by atoms with van der Waals surface area (Å²) in [6.45, 7) is 1.85. The van der Waals surface area contributed by atoms with Gasteiger partial charge < -0.3 is 10.1 Å². The van der Waals surface area contributed by atoms with Crippen LogP contribution in [0.2, 0.25) is 0 Å². The van der Waals surface area contributed by atoms with E-state index in [1.807, 2.05) is 37.3 Å². The summed E-state index contributed by atoms with van der Waals surface area (Å²) in [5, 5.41) is 4.41. The Hall–Kier alpha value is -2.64. The lowest BCUT2D eigenvalue weighted by molar-refractivity contribution is -0.116. The second kappa shape index (κ2) is 7.07. The van der Waals surface area contributed by atoms with Crippen molar-refractivity contribution in [2.75, 3.05) is 12.4 Å². The Labute approximate surface area is 167 Å². The van der Waals surface area contributed by atoms with Gasteiger partial charge in [-0.2, -0.15) is 0 Å². The Bertz CT molecular complexity index is 1160. The van der Waals surface area contributed by atoms with Crippen molar-refractivity contribution < 1.29 is 17.9 Å². The minimum Gasteiger partial charge on any atom is -0.497 e. The zero-order valence-electron chi connectivity index (χ0n) is 15.4. The summed E-state index contributed by atoms with van der Waals surface area (Å²) < 4.78 is 31.7. The van der Waals surface area contributed by atoms with Crippen molar-refractivity contribution in [1.82, 2.24) is 0 Å². The second-order valence-corrected chi connectivity index (χ2v) is 9.57. The maximum absolute atomic E-state index is 13.2. The number of carbonyl (C=O) groups excluding carboxylic acids is 1. The number of carbonyl (C=O) groups is 1. The lowest BCUT2D eigenvalue weighted by atomic mass is 9.90. The van der Waals surface area contributed by atoms with Crippen LogP contribution in [-0.2, 0) is 14.6 Å². The number of sulfone groups is 1. The average molecular weight is 414 g/mol. The lowest BCUT2D eigenvalue weighted by Crippen LogP contribution is -2.23. The average Bonchev–Trinajstić information content (AvgIpc) is 3.12. The van der Waals surface area contributed by atoms with E-state index < -0.39 is 9.84 Å². The third-order valence-electron chi connectivity index (χ3n) is 4.84. The van der Waals surface area contributed by atoms with Crippen LogP contribution in [-0.4, -0.2) is 21.4 Å². The van der Waals surface area contributed by atoms with E-state index in [2.05, 4.69) is 5.32 Å². The number of benzene rings is 2. The number of thiophene rings is 1. The molecule has 0 saturated heterocycles. The van der Waals surface area contributed by atoms with Gasteiger partial charge in [0.25, 0.3) is 0 Å². The molecule has 1 aliphatic heterocycles. The van der Waals surface area contributed by atoms with E-state index in [0.717, 1.165) is 16.0 Å².